The third-order valence-electron chi connectivity index (χ3n) is 4.55. The summed E-state index contributed by atoms with van der Waals surface area (Å²) in [5, 5.41) is 11.2. The Morgan fingerprint density at radius 2 is 1.62 bits per heavy atom. The van der Waals surface area contributed by atoms with Gasteiger partial charge in [-0.2, -0.15) is 0 Å². The van der Waals surface area contributed by atoms with E-state index in [0.717, 1.165) is 34.3 Å². The van der Waals surface area contributed by atoms with Crippen LogP contribution in [0.5, 0.6) is 5.75 Å². The normalized spacial score (nSPS) is 10.1. The van der Waals surface area contributed by atoms with E-state index < -0.39 is 0 Å². The van der Waals surface area contributed by atoms with E-state index in [0.29, 0.717) is 13.0 Å². The lowest BCUT2D eigenvalue weighted by molar-refractivity contribution is -0.115. The Hall–Kier alpha value is -4.00. The van der Waals surface area contributed by atoms with Crippen molar-refractivity contribution in [1.29, 1.82) is 0 Å². The maximum Gasteiger partial charge on any atom is 0.224 e. The second-order valence-electron chi connectivity index (χ2n) is 6.84. The van der Waals surface area contributed by atoms with Crippen LogP contribution < -0.4 is 10.1 Å². The summed E-state index contributed by atoms with van der Waals surface area (Å²) in [6.07, 6.45) is 4.01. The second-order valence-corrected chi connectivity index (χ2v) is 6.84. The zero-order valence-electron chi connectivity index (χ0n) is 18.5. The Morgan fingerprint density at radius 1 is 0.938 bits per heavy atom. The molecule has 0 aliphatic rings. The van der Waals surface area contributed by atoms with Crippen LogP contribution in [-0.2, 0) is 4.79 Å². The zero-order chi connectivity index (χ0) is 22.8. The molecule has 32 heavy (non-hydrogen) atoms. The maximum atomic E-state index is 11.0. The van der Waals surface area contributed by atoms with Crippen molar-refractivity contribution in [3.8, 4) is 22.8 Å². The molecule has 7 heteroatoms. The van der Waals surface area contributed by atoms with Gasteiger partial charge in [-0.1, -0.05) is 25.1 Å². The molecule has 0 fully saturated rings. The van der Waals surface area contributed by atoms with Gasteiger partial charge in [-0.05, 0) is 62.4 Å². The number of aromatic nitrogens is 4. The Kier molecular flexibility index (Phi) is 8.09. The maximum absolute atomic E-state index is 11.0. The molecule has 1 N–H and O–H groups in total. The number of benzene rings is 2. The number of carbonyl (C=O) groups is 1. The van der Waals surface area contributed by atoms with Crippen LogP contribution in [0.15, 0.2) is 79.1 Å². The first-order chi connectivity index (χ1) is 15.6. The Bertz CT molecular complexity index is 1110. The molecule has 164 valence electrons. The van der Waals surface area contributed by atoms with Crippen LogP contribution in [0, 0.1) is 6.92 Å². The highest BCUT2D eigenvalue weighted by Crippen LogP contribution is 2.21. The van der Waals surface area contributed by atoms with Gasteiger partial charge in [0.2, 0.25) is 5.91 Å². The molecule has 2 aromatic heterocycles. The molecule has 0 aliphatic heterocycles. The number of para-hydroxylation sites is 1. The summed E-state index contributed by atoms with van der Waals surface area (Å²) in [6.45, 7) is 6.36. The number of pyridine rings is 1. The molecule has 2 heterocycles. The quantitative estimate of drug-likeness (QED) is 0.463. The van der Waals surface area contributed by atoms with E-state index in [1.807, 2.05) is 92.1 Å². The molecule has 0 unspecified atom stereocenters. The smallest absolute Gasteiger partial charge is 0.224 e. The van der Waals surface area contributed by atoms with Gasteiger partial charge in [-0.25, -0.2) is 0 Å². The third-order valence-corrected chi connectivity index (χ3v) is 4.55. The summed E-state index contributed by atoms with van der Waals surface area (Å²) in [7, 11) is 0. The number of rotatable bonds is 6. The highest BCUT2D eigenvalue weighted by atomic mass is 16.5. The number of hydrogen-bond acceptors (Lipinski definition) is 5. The van der Waals surface area contributed by atoms with Crippen LogP contribution in [-0.4, -0.2) is 32.3 Å². The minimum Gasteiger partial charge on any atom is -0.494 e. The minimum absolute atomic E-state index is 0.0224. The summed E-state index contributed by atoms with van der Waals surface area (Å²) in [4.78, 5) is 15.1. The third kappa shape index (κ3) is 6.01. The van der Waals surface area contributed by atoms with E-state index in [1.165, 1.54) is 0 Å². The highest BCUT2D eigenvalue weighted by molar-refractivity contribution is 5.90. The van der Waals surface area contributed by atoms with Crippen molar-refractivity contribution in [3.63, 3.8) is 0 Å². The lowest BCUT2D eigenvalue weighted by atomic mass is 10.2. The van der Waals surface area contributed by atoms with Gasteiger partial charge >= 0.3 is 0 Å². The average molecular weight is 430 g/mol. The monoisotopic (exact) mass is 429 g/mol. The zero-order valence-corrected chi connectivity index (χ0v) is 18.5. The van der Waals surface area contributed by atoms with Gasteiger partial charge in [-0.15, -0.1) is 10.2 Å². The number of carbonyl (C=O) groups excluding carboxylic acids is 1. The lowest BCUT2D eigenvalue weighted by Crippen LogP contribution is -2.09. The molecule has 0 bridgehead atoms. The molecule has 0 aliphatic carbocycles. The summed E-state index contributed by atoms with van der Waals surface area (Å²) in [5.41, 5.74) is 2.88. The van der Waals surface area contributed by atoms with E-state index in [4.69, 9.17) is 4.74 Å². The summed E-state index contributed by atoms with van der Waals surface area (Å²) >= 11 is 0. The number of ether oxygens (including phenoxy) is 1. The van der Waals surface area contributed by atoms with Crippen molar-refractivity contribution in [2.75, 3.05) is 11.9 Å². The molecule has 2 aromatic carbocycles. The number of nitrogens with zero attached hydrogens (tertiary/aromatic N) is 4. The van der Waals surface area contributed by atoms with Crippen molar-refractivity contribution >= 4 is 11.6 Å². The fraction of sp³-hybridized carbons (Fsp3) is 0.200. The molecule has 1 amide bonds. The van der Waals surface area contributed by atoms with Crippen molar-refractivity contribution in [2.24, 2.45) is 0 Å². The van der Waals surface area contributed by atoms with Gasteiger partial charge in [0, 0.05) is 35.8 Å². The number of aryl methyl sites for hydroxylation is 1. The topological polar surface area (TPSA) is 81.9 Å². The van der Waals surface area contributed by atoms with Gasteiger partial charge in [0.15, 0.2) is 5.82 Å². The molecule has 4 rings (SSSR count). The molecule has 0 saturated heterocycles. The minimum atomic E-state index is 0.0224. The molecule has 4 aromatic rings. The van der Waals surface area contributed by atoms with Crippen LogP contribution in [0.25, 0.3) is 17.1 Å². The molecular formula is C25H27N5O2. The van der Waals surface area contributed by atoms with Crippen molar-refractivity contribution < 1.29 is 9.53 Å². The predicted molar refractivity (Wildman–Crippen MR) is 126 cm³/mol. The fourth-order valence-electron chi connectivity index (χ4n) is 2.99. The van der Waals surface area contributed by atoms with Crippen LogP contribution in [0.2, 0.25) is 0 Å². The lowest BCUT2D eigenvalue weighted by Gasteiger charge is -2.08. The van der Waals surface area contributed by atoms with E-state index in [2.05, 4.69) is 20.5 Å². The van der Waals surface area contributed by atoms with Gasteiger partial charge in [0.05, 0.1) is 6.61 Å². The number of amides is 1. The van der Waals surface area contributed by atoms with Crippen LogP contribution in [0.3, 0.4) is 0 Å². The first-order valence-electron chi connectivity index (χ1n) is 10.5. The van der Waals surface area contributed by atoms with Crippen LogP contribution in [0.4, 0.5) is 5.69 Å². The van der Waals surface area contributed by atoms with Gasteiger partial charge in [0.25, 0.3) is 0 Å². The van der Waals surface area contributed by atoms with Crippen molar-refractivity contribution in [1.82, 2.24) is 19.7 Å². The second kappa shape index (κ2) is 11.4. The predicted octanol–water partition coefficient (Wildman–Crippen LogP) is 5.07. The molecule has 7 nitrogen and oxygen atoms in total. The first kappa shape index (κ1) is 22.7. The Labute approximate surface area is 188 Å². The standard InChI is InChI=1S/C14H12N4.C11H15NO2/c1-11-16-17-14(12-7-9-15-10-8-12)18(11)13-5-3-2-4-6-13;1-3-11(13)12-9-5-7-10(8-6-9)14-4-2/h2-10H,1H3;5-8H,3-4H2,1-2H3,(H,12,13). The van der Waals surface area contributed by atoms with E-state index >= 15 is 0 Å². The molecular weight excluding hydrogens is 402 g/mol. The van der Waals surface area contributed by atoms with Crippen molar-refractivity contribution in [3.05, 3.63) is 84.9 Å². The molecule has 0 spiro atoms. The van der Waals surface area contributed by atoms with Crippen LogP contribution in [0.1, 0.15) is 26.1 Å². The Morgan fingerprint density at radius 3 is 2.25 bits per heavy atom. The van der Waals surface area contributed by atoms with Crippen LogP contribution >= 0.6 is 0 Å². The summed E-state index contributed by atoms with van der Waals surface area (Å²) in [6, 6.07) is 21.3. The number of hydrogen-bond donors (Lipinski definition) is 1. The Balaban J connectivity index is 0.000000188. The van der Waals surface area contributed by atoms with E-state index in [-0.39, 0.29) is 5.91 Å². The SMILES string of the molecule is CCOc1ccc(NC(=O)CC)cc1.Cc1nnc(-c2ccncc2)n1-c1ccccc1. The average Bonchev–Trinajstić information content (AvgIpc) is 3.23. The highest BCUT2D eigenvalue weighted by Gasteiger charge is 2.11. The number of anilines is 1. The largest absolute Gasteiger partial charge is 0.494 e. The molecule has 0 atom stereocenters. The van der Waals surface area contributed by atoms with Crippen molar-refractivity contribution in [2.45, 2.75) is 27.2 Å². The fourth-order valence-corrected chi connectivity index (χ4v) is 2.99. The summed E-state index contributed by atoms with van der Waals surface area (Å²) in [5.74, 6) is 2.55. The van der Waals surface area contributed by atoms with Gasteiger partial charge in [0.1, 0.15) is 11.6 Å². The molecule has 0 radical (unpaired) electrons. The van der Waals surface area contributed by atoms with Gasteiger partial charge < -0.3 is 10.1 Å². The van der Waals surface area contributed by atoms with E-state index in [9.17, 15) is 4.79 Å². The van der Waals surface area contributed by atoms with Gasteiger partial charge in [-0.3, -0.25) is 14.3 Å². The molecule has 0 saturated carbocycles. The number of nitrogens with one attached hydrogen (secondary N) is 1. The van der Waals surface area contributed by atoms with E-state index in [1.54, 1.807) is 12.4 Å². The first-order valence-corrected chi connectivity index (χ1v) is 10.5. The summed E-state index contributed by atoms with van der Waals surface area (Å²) < 4.78 is 7.32.